The Balaban J connectivity index is 1.53. The predicted molar refractivity (Wildman–Crippen MR) is 129 cm³/mol. The molecular weight excluding hydrogens is 452 g/mol. The van der Waals surface area contributed by atoms with E-state index < -0.39 is 27.9 Å². The summed E-state index contributed by atoms with van der Waals surface area (Å²) in [6.07, 6.45) is 1.03. The van der Waals surface area contributed by atoms with E-state index >= 15 is 0 Å². The van der Waals surface area contributed by atoms with Crippen LogP contribution >= 0.6 is 0 Å². The molecule has 0 spiro atoms. The highest BCUT2D eigenvalue weighted by molar-refractivity contribution is 7.89. The third kappa shape index (κ3) is 4.13. The Hall–Kier alpha value is -3.07. The minimum atomic E-state index is -4.08. The van der Waals surface area contributed by atoms with Crippen molar-refractivity contribution in [2.75, 3.05) is 18.1 Å². The van der Waals surface area contributed by atoms with Crippen LogP contribution in [0.4, 0.5) is 5.69 Å². The number of rotatable bonds is 6. The smallest absolute Gasteiger partial charge is 0.252 e. The van der Waals surface area contributed by atoms with Gasteiger partial charge in [-0.15, -0.1) is 0 Å². The summed E-state index contributed by atoms with van der Waals surface area (Å²) in [5.41, 5.74) is 1.45. The fraction of sp³-hybridized carbons (Fsp3) is 0.308. The summed E-state index contributed by atoms with van der Waals surface area (Å²) >= 11 is 0. The Labute approximate surface area is 199 Å². The molecule has 0 N–H and O–H groups in total. The second-order valence-electron chi connectivity index (χ2n) is 8.84. The number of carbonyl (C=O) groups is 2. The van der Waals surface area contributed by atoms with Gasteiger partial charge in [-0.05, 0) is 54.8 Å². The molecule has 34 heavy (non-hydrogen) atoms. The maximum absolute atomic E-state index is 13.9. The topological polar surface area (TPSA) is 84.0 Å². The van der Waals surface area contributed by atoms with E-state index in [2.05, 4.69) is 0 Å². The van der Waals surface area contributed by atoms with Crippen molar-refractivity contribution in [3.8, 4) is 0 Å². The Kier molecular flexibility index (Phi) is 5.97. The first kappa shape index (κ1) is 22.7. The molecule has 3 aromatic carbocycles. The Morgan fingerprint density at radius 3 is 2.44 bits per heavy atom. The van der Waals surface area contributed by atoms with Crippen molar-refractivity contribution in [1.29, 1.82) is 0 Å². The molecule has 7 nitrogen and oxygen atoms in total. The highest BCUT2D eigenvalue weighted by Crippen LogP contribution is 2.31. The monoisotopic (exact) mass is 478 g/mol. The van der Waals surface area contributed by atoms with Crippen molar-refractivity contribution in [2.45, 2.75) is 43.2 Å². The molecular formula is C26H26N2O5S. The molecule has 2 fully saturated rings. The molecule has 2 atom stereocenters. The van der Waals surface area contributed by atoms with E-state index in [4.69, 9.17) is 4.74 Å². The van der Waals surface area contributed by atoms with Crippen LogP contribution in [0.1, 0.15) is 24.8 Å². The Morgan fingerprint density at radius 1 is 1.00 bits per heavy atom. The molecule has 0 saturated carbocycles. The molecule has 176 valence electrons. The number of anilines is 1. The quantitative estimate of drug-likeness (QED) is 0.505. The molecule has 0 aromatic heterocycles. The molecule has 3 aromatic rings. The van der Waals surface area contributed by atoms with Crippen LogP contribution in [0.25, 0.3) is 10.8 Å². The SMILES string of the molecule is Cc1ccc(N2C(=O)CC(N(CC3CCCO3)S(=O)(=O)c3ccc4ccccc4c3)C2=O)cc1. The van der Waals surface area contributed by atoms with E-state index in [1.165, 1.54) is 4.31 Å². The zero-order chi connectivity index (χ0) is 23.9. The summed E-state index contributed by atoms with van der Waals surface area (Å²) in [6, 6.07) is 18.4. The van der Waals surface area contributed by atoms with Gasteiger partial charge in [0, 0.05) is 13.2 Å². The lowest BCUT2D eigenvalue weighted by Gasteiger charge is -2.29. The Bertz CT molecular complexity index is 1350. The molecule has 2 amide bonds. The molecule has 2 unspecified atom stereocenters. The van der Waals surface area contributed by atoms with E-state index in [0.717, 1.165) is 27.7 Å². The van der Waals surface area contributed by atoms with Crippen molar-refractivity contribution in [1.82, 2.24) is 4.31 Å². The first-order valence-corrected chi connectivity index (χ1v) is 12.8. The van der Waals surface area contributed by atoms with Crippen LogP contribution in [0.15, 0.2) is 71.6 Å². The van der Waals surface area contributed by atoms with Crippen molar-refractivity contribution in [2.24, 2.45) is 0 Å². The second-order valence-corrected chi connectivity index (χ2v) is 10.7. The number of nitrogens with zero attached hydrogens (tertiary/aromatic N) is 2. The number of ether oxygens (including phenoxy) is 1. The summed E-state index contributed by atoms with van der Waals surface area (Å²) in [7, 11) is -4.08. The summed E-state index contributed by atoms with van der Waals surface area (Å²) in [5, 5.41) is 1.71. The molecule has 2 aliphatic rings. The largest absolute Gasteiger partial charge is 0.377 e. The van der Waals surface area contributed by atoms with E-state index in [0.29, 0.717) is 18.7 Å². The fourth-order valence-electron chi connectivity index (χ4n) is 4.65. The van der Waals surface area contributed by atoms with Gasteiger partial charge < -0.3 is 4.74 Å². The predicted octanol–water partition coefficient (Wildman–Crippen LogP) is 3.65. The van der Waals surface area contributed by atoms with Gasteiger partial charge >= 0.3 is 0 Å². The van der Waals surface area contributed by atoms with E-state index in [-0.39, 0.29) is 24.0 Å². The van der Waals surface area contributed by atoms with Gasteiger partial charge in [0.25, 0.3) is 5.91 Å². The maximum Gasteiger partial charge on any atom is 0.252 e. The summed E-state index contributed by atoms with van der Waals surface area (Å²) in [5.74, 6) is -0.943. The van der Waals surface area contributed by atoms with Gasteiger partial charge in [-0.3, -0.25) is 9.59 Å². The van der Waals surface area contributed by atoms with Gasteiger partial charge in [-0.25, -0.2) is 13.3 Å². The molecule has 2 heterocycles. The van der Waals surface area contributed by atoms with E-state index in [9.17, 15) is 18.0 Å². The molecule has 5 rings (SSSR count). The minimum Gasteiger partial charge on any atom is -0.377 e. The van der Waals surface area contributed by atoms with E-state index in [1.54, 1.807) is 30.3 Å². The van der Waals surface area contributed by atoms with Crippen LogP contribution in [0.5, 0.6) is 0 Å². The van der Waals surface area contributed by atoms with Crippen LogP contribution < -0.4 is 4.90 Å². The molecule has 0 aliphatic carbocycles. The number of amides is 2. The number of hydrogen-bond acceptors (Lipinski definition) is 5. The third-order valence-corrected chi connectivity index (χ3v) is 8.37. The standard InChI is InChI=1S/C26H26N2O5S/c1-18-8-11-21(12-9-18)28-25(29)16-24(26(28)30)27(17-22-7-4-14-33-22)34(31,32)23-13-10-19-5-2-3-6-20(19)15-23/h2-3,5-6,8-13,15,22,24H,4,7,14,16-17H2,1H3. The first-order valence-electron chi connectivity index (χ1n) is 11.4. The summed E-state index contributed by atoms with van der Waals surface area (Å²) < 4.78 is 34.7. The number of sulfonamides is 1. The van der Waals surface area contributed by atoms with Crippen molar-refractivity contribution < 1.29 is 22.7 Å². The molecule has 2 aliphatic heterocycles. The average molecular weight is 479 g/mol. The van der Waals surface area contributed by atoms with Crippen LogP contribution in [-0.2, 0) is 24.3 Å². The van der Waals surface area contributed by atoms with Gasteiger partial charge in [0.2, 0.25) is 15.9 Å². The summed E-state index contributed by atoms with van der Waals surface area (Å²) in [6.45, 7) is 2.50. The van der Waals surface area contributed by atoms with Gasteiger partial charge in [-0.1, -0.05) is 48.0 Å². The van der Waals surface area contributed by atoms with Crippen LogP contribution in [0, 0.1) is 6.92 Å². The zero-order valence-corrected chi connectivity index (χ0v) is 19.7. The molecule has 2 saturated heterocycles. The normalized spacial score (nSPS) is 21.2. The average Bonchev–Trinajstić information content (AvgIpc) is 3.45. The molecule has 0 radical (unpaired) electrons. The van der Waals surface area contributed by atoms with Crippen LogP contribution in [0.2, 0.25) is 0 Å². The number of imide groups is 1. The lowest BCUT2D eigenvalue weighted by molar-refractivity contribution is -0.122. The first-order chi connectivity index (χ1) is 16.3. The molecule has 0 bridgehead atoms. The van der Waals surface area contributed by atoms with Gasteiger partial charge in [-0.2, -0.15) is 4.31 Å². The van der Waals surface area contributed by atoms with Gasteiger partial charge in [0.1, 0.15) is 6.04 Å². The number of benzene rings is 3. The van der Waals surface area contributed by atoms with E-state index in [1.807, 2.05) is 43.3 Å². The third-order valence-electron chi connectivity index (χ3n) is 6.50. The van der Waals surface area contributed by atoms with Crippen molar-refractivity contribution >= 4 is 38.3 Å². The lowest BCUT2D eigenvalue weighted by atomic mass is 10.1. The number of fused-ring (bicyclic) bond motifs is 1. The maximum atomic E-state index is 13.9. The summed E-state index contributed by atoms with van der Waals surface area (Å²) in [4.78, 5) is 27.6. The van der Waals surface area contributed by atoms with Gasteiger partial charge in [0.05, 0.1) is 23.1 Å². The zero-order valence-electron chi connectivity index (χ0n) is 18.9. The fourth-order valence-corrected chi connectivity index (χ4v) is 6.30. The minimum absolute atomic E-state index is 0.0284. The number of carbonyl (C=O) groups excluding carboxylic acids is 2. The van der Waals surface area contributed by atoms with Crippen LogP contribution in [0.3, 0.4) is 0 Å². The van der Waals surface area contributed by atoms with Gasteiger partial charge in [0.15, 0.2) is 0 Å². The van der Waals surface area contributed by atoms with Crippen molar-refractivity contribution in [3.05, 3.63) is 72.3 Å². The van der Waals surface area contributed by atoms with Crippen molar-refractivity contribution in [3.63, 3.8) is 0 Å². The highest BCUT2D eigenvalue weighted by Gasteiger charge is 2.47. The Morgan fingerprint density at radius 2 is 1.74 bits per heavy atom. The lowest BCUT2D eigenvalue weighted by Crippen LogP contribution is -2.48. The van der Waals surface area contributed by atoms with Crippen LogP contribution in [-0.4, -0.2) is 49.8 Å². The second kappa shape index (κ2) is 8.94. The number of aryl methyl sites for hydroxylation is 1. The number of hydrogen-bond donors (Lipinski definition) is 0. The highest BCUT2D eigenvalue weighted by atomic mass is 32.2. The molecule has 8 heteroatoms.